The van der Waals surface area contributed by atoms with Gasteiger partial charge in [-0.1, -0.05) is 0 Å². The van der Waals surface area contributed by atoms with Gasteiger partial charge in [0.15, 0.2) is 11.5 Å². The summed E-state index contributed by atoms with van der Waals surface area (Å²) in [6.07, 6.45) is 3.90. The third-order valence-corrected chi connectivity index (χ3v) is 2.01. The molecule has 2 aromatic rings. The zero-order valence-electron chi connectivity index (χ0n) is 9.18. The number of nitrogens with zero attached hydrogens (tertiary/aromatic N) is 5. The van der Waals surface area contributed by atoms with Crippen LogP contribution in [0.1, 0.15) is 10.5 Å². The Bertz CT molecular complexity index is 609. The van der Waals surface area contributed by atoms with Crippen molar-refractivity contribution in [3.05, 3.63) is 40.5 Å². The second kappa shape index (κ2) is 4.57. The Hall–Kier alpha value is -2.84. The van der Waals surface area contributed by atoms with Gasteiger partial charge in [0.1, 0.15) is 0 Å². The van der Waals surface area contributed by atoms with E-state index in [1.165, 1.54) is 31.8 Å². The largest absolute Gasteiger partial charge is 0.464 e. The molecule has 0 aliphatic rings. The molecule has 0 spiro atoms. The van der Waals surface area contributed by atoms with Crippen molar-refractivity contribution in [1.29, 1.82) is 0 Å². The SMILES string of the molecule is COC(=O)c1cncc(-n2ccc([N+](=O)[O-])n2)n1. The minimum absolute atomic E-state index is 0.00634. The number of hydrogen-bond donors (Lipinski definition) is 0. The van der Waals surface area contributed by atoms with Crippen molar-refractivity contribution in [2.24, 2.45) is 0 Å². The van der Waals surface area contributed by atoms with Crippen LogP contribution in [-0.4, -0.2) is 37.8 Å². The van der Waals surface area contributed by atoms with E-state index in [2.05, 4.69) is 19.8 Å². The maximum atomic E-state index is 11.2. The number of carbonyl (C=O) groups excluding carboxylic acids is 1. The first-order chi connectivity index (χ1) is 8.61. The first-order valence-electron chi connectivity index (χ1n) is 4.72. The standard InChI is InChI=1S/C9H7N5O4/c1-18-9(15)6-4-10-5-8(11-6)13-3-2-7(12-13)14(16)17/h2-5H,1H3. The molecule has 0 atom stereocenters. The molecule has 9 nitrogen and oxygen atoms in total. The summed E-state index contributed by atoms with van der Waals surface area (Å²) in [5, 5.41) is 14.2. The predicted molar refractivity (Wildman–Crippen MR) is 57.1 cm³/mol. The van der Waals surface area contributed by atoms with Gasteiger partial charge in [0, 0.05) is 0 Å². The Labute approximate surface area is 100 Å². The van der Waals surface area contributed by atoms with Crippen LogP contribution in [0.2, 0.25) is 0 Å². The van der Waals surface area contributed by atoms with Crippen LogP contribution in [0.3, 0.4) is 0 Å². The molecule has 0 saturated heterocycles. The van der Waals surface area contributed by atoms with Gasteiger partial charge in [0.05, 0.1) is 36.9 Å². The summed E-state index contributed by atoms with van der Waals surface area (Å²) in [4.78, 5) is 28.8. The van der Waals surface area contributed by atoms with Crippen molar-refractivity contribution >= 4 is 11.8 Å². The lowest BCUT2D eigenvalue weighted by molar-refractivity contribution is -0.389. The second-order valence-corrected chi connectivity index (χ2v) is 3.13. The first kappa shape index (κ1) is 11.6. The van der Waals surface area contributed by atoms with Crippen molar-refractivity contribution < 1.29 is 14.5 Å². The Morgan fingerprint density at radius 3 is 2.89 bits per heavy atom. The fourth-order valence-electron chi connectivity index (χ4n) is 1.21. The zero-order valence-corrected chi connectivity index (χ0v) is 9.18. The van der Waals surface area contributed by atoms with Crippen molar-refractivity contribution in [2.45, 2.75) is 0 Å². The summed E-state index contributed by atoms with van der Waals surface area (Å²) in [5.41, 5.74) is -0.00634. The normalized spacial score (nSPS) is 10.1. The van der Waals surface area contributed by atoms with Crippen LogP contribution in [0, 0.1) is 10.1 Å². The quantitative estimate of drug-likeness (QED) is 0.438. The highest BCUT2D eigenvalue weighted by atomic mass is 16.6. The van der Waals surface area contributed by atoms with E-state index in [9.17, 15) is 14.9 Å². The molecular weight excluding hydrogens is 242 g/mol. The molecular formula is C9H7N5O4. The molecule has 0 amide bonds. The van der Waals surface area contributed by atoms with Gasteiger partial charge in [0.2, 0.25) is 0 Å². The van der Waals surface area contributed by atoms with Gasteiger partial charge in [-0.2, -0.15) is 0 Å². The summed E-state index contributed by atoms with van der Waals surface area (Å²) >= 11 is 0. The van der Waals surface area contributed by atoms with E-state index in [4.69, 9.17) is 0 Å². The van der Waals surface area contributed by atoms with E-state index in [0.717, 1.165) is 4.68 Å². The van der Waals surface area contributed by atoms with E-state index in [1.807, 2.05) is 0 Å². The third-order valence-electron chi connectivity index (χ3n) is 2.01. The number of aromatic nitrogens is 4. The lowest BCUT2D eigenvalue weighted by Crippen LogP contribution is -2.08. The van der Waals surface area contributed by atoms with Crippen LogP contribution in [0.25, 0.3) is 5.82 Å². The van der Waals surface area contributed by atoms with E-state index < -0.39 is 10.9 Å². The minimum Gasteiger partial charge on any atom is -0.464 e. The topological polar surface area (TPSA) is 113 Å². The molecule has 0 bridgehead atoms. The number of rotatable bonds is 3. The van der Waals surface area contributed by atoms with Crippen molar-refractivity contribution in [3.63, 3.8) is 0 Å². The molecule has 9 heteroatoms. The highest BCUT2D eigenvalue weighted by Gasteiger charge is 2.15. The highest BCUT2D eigenvalue weighted by Crippen LogP contribution is 2.09. The second-order valence-electron chi connectivity index (χ2n) is 3.13. The maximum Gasteiger partial charge on any atom is 0.390 e. The maximum absolute atomic E-state index is 11.2. The Morgan fingerprint density at radius 2 is 2.28 bits per heavy atom. The monoisotopic (exact) mass is 249 g/mol. The molecule has 0 aromatic carbocycles. The van der Waals surface area contributed by atoms with Gasteiger partial charge in [-0.25, -0.2) is 9.78 Å². The van der Waals surface area contributed by atoms with Gasteiger partial charge in [0.25, 0.3) is 0 Å². The number of nitro groups is 1. The molecule has 0 aliphatic heterocycles. The summed E-state index contributed by atoms with van der Waals surface area (Å²) < 4.78 is 5.64. The fraction of sp³-hybridized carbons (Fsp3) is 0.111. The van der Waals surface area contributed by atoms with Crippen LogP contribution in [-0.2, 0) is 4.74 Å². The van der Waals surface area contributed by atoms with Gasteiger partial charge < -0.3 is 14.9 Å². The number of ether oxygens (including phenoxy) is 1. The Morgan fingerprint density at radius 1 is 1.50 bits per heavy atom. The average molecular weight is 249 g/mol. The van der Waals surface area contributed by atoms with Crippen molar-refractivity contribution in [3.8, 4) is 5.82 Å². The molecule has 0 aliphatic carbocycles. The summed E-state index contributed by atoms with van der Waals surface area (Å²) in [6, 6.07) is 1.21. The molecule has 2 rings (SSSR count). The van der Waals surface area contributed by atoms with E-state index in [-0.39, 0.29) is 17.3 Å². The van der Waals surface area contributed by atoms with Gasteiger partial charge in [-0.15, -0.1) is 4.68 Å². The van der Waals surface area contributed by atoms with Gasteiger partial charge in [-0.3, -0.25) is 4.98 Å². The first-order valence-corrected chi connectivity index (χ1v) is 4.72. The minimum atomic E-state index is -0.647. The summed E-state index contributed by atoms with van der Waals surface area (Å²) in [7, 11) is 1.22. The van der Waals surface area contributed by atoms with E-state index >= 15 is 0 Å². The van der Waals surface area contributed by atoms with Crippen molar-refractivity contribution in [2.75, 3.05) is 7.11 Å². The molecule has 18 heavy (non-hydrogen) atoms. The number of carbonyl (C=O) groups is 1. The summed E-state index contributed by atoms with van der Waals surface area (Å²) in [6.45, 7) is 0. The fourth-order valence-corrected chi connectivity index (χ4v) is 1.21. The molecule has 0 N–H and O–H groups in total. The molecule has 92 valence electrons. The van der Waals surface area contributed by atoms with E-state index in [1.54, 1.807) is 0 Å². The molecule has 0 radical (unpaired) electrons. The van der Waals surface area contributed by atoms with E-state index in [0.29, 0.717) is 0 Å². The Kier molecular flexibility index (Phi) is 2.96. The number of hydrogen-bond acceptors (Lipinski definition) is 7. The lowest BCUT2D eigenvalue weighted by Gasteiger charge is -1.99. The van der Waals surface area contributed by atoms with Gasteiger partial charge >= 0.3 is 11.8 Å². The molecule has 0 saturated carbocycles. The number of methoxy groups -OCH3 is 1. The third kappa shape index (κ3) is 2.14. The molecule has 0 fully saturated rings. The average Bonchev–Trinajstić information content (AvgIpc) is 2.88. The summed E-state index contributed by atoms with van der Waals surface area (Å²) in [5.74, 6) is -0.780. The van der Waals surface area contributed by atoms with Gasteiger partial charge in [-0.05, 0) is 4.92 Å². The van der Waals surface area contributed by atoms with Crippen LogP contribution in [0.4, 0.5) is 5.82 Å². The zero-order chi connectivity index (χ0) is 13.1. The predicted octanol–water partition coefficient (Wildman–Crippen LogP) is 0.357. The van der Waals surface area contributed by atoms with Crippen LogP contribution in [0.15, 0.2) is 24.7 Å². The van der Waals surface area contributed by atoms with Crippen LogP contribution in [0.5, 0.6) is 0 Å². The number of esters is 1. The smallest absolute Gasteiger partial charge is 0.390 e. The molecule has 2 aromatic heterocycles. The molecule has 2 heterocycles. The van der Waals surface area contributed by atoms with Crippen LogP contribution < -0.4 is 0 Å². The van der Waals surface area contributed by atoms with Crippen molar-refractivity contribution in [1.82, 2.24) is 19.7 Å². The molecule has 0 unspecified atom stereocenters. The van der Waals surface area contributed by atoms with Crippen LogP contribution >= 0.6 is 0 Å². The highest BCUT2D eigenvalue weighted by molar-refractivity contribution is 5.86. The lowest BCUT2D eigenvalue weighted by atomic mass is 10.4. The Balaban J connectivity index is 2.38.